The predicted octanol–water partition coefficient (Wildman–Crippen LogP) is 5.18. The second-order valence-electron chi connectivity index (χ2n) is 9.38. The van der Waals surface area contributed by atoms with Crippen LogP contribution in [0, 0.1) is 5.82 Å². The molecule has 2 aliphatic rings. The number of nitrogens with zero attached hydrogens (tertiary/aromatic N) is 4. The molecule has 0 amide bonds. The zero-order valence-electron chi connectivity index (χ0n) is 20.6. The summed E-state index contributed by atoms with van der Waals surface area (Å²) in [6.07, 6.45) is 9.61. The van der Waals surface area contributed by atoms with Crippen LogP contribution < -0.4 is 20.7 Å². The van der Waals surface area contributed by atoms with Crippen LogP contribution in [0.2, 0.25) is 0 Å². The molecule has 34 heavy (non-hydrogen) atoms. The normalized spacial score (nSPS) is 20.5. The van der Waals surface area contributed by atoms with Crippen molar-refractivity contribution in [3.8, 4) is 5.75 Å². The fourth-order valence-electron chi connectivity index (χ4n) is 5.15. The van der Waals surface area contributed by atoms with E-state index in [2.05, 4.69) is 44.7 Å². The van der Waals surface area contributed by atoms with Crippen molar-refractivity contribution in [3.05, 3.63) is 24.0 Å². The summed E-state index contributed by atoms with van der Waals surface area (Å²) in [5.74, 6) is 1.21. The molecule has 2 unspecified atom stereocenters. The van der Waals surface area contributed by atoms with Crippen molar-refractivity contribution in [2.45, 2.75) is 83.3 Å². The van der Waals surface area contributed by atoms with Crippen molar-refractivity contribution >= 4 is 23.5 Å². The second-order valence-corrected chi connectivity index (χ2v) is 9.38. The number of benzene rings is 1. The fourth-order valence-corrected chi connectivity index (χ4v) is 5.15. The number of likely N-dealkylation sites (N-methyl/N-ethyl adjacent to an activating group) is 1. The van der Waals surface area contributed by atoms with E-state index in [1.165, 1.54) is 45.3 Å². The number of anilines is 4. The number of hydrogen-bond donors (Lipinski definition) is 3. The maximum Gasteiger partial charge on any atom is 0.233 e. The Bertz CT molecular complexity index is 935. The molecule has 8 nitrogen and oxygen atoms in total. The predicted molar refractivity (Wildman–Crippen MR) is 135 cm³/mol. The van der Waals surface area contributed by atoms with E-state index < -0.39 is 5.82 Å². The molecule has 3 N–H and O–H groups in total. The zero-order valence-corrected chi connectivity index (χ0v) is 20.6. The summed E-state index contributed by atoms with van der Waals surface area (Å²) >= 11 is 0. The van der Waals surface area contributed by atoms with Gasteiger partial charge in [-0.3, -0.25) is 4.90 Å². The van der Waals surface area contributed by atoms with Crippen LogP contribution in [0.15, 0.2) is 18.2 Å². The third-order valence-electron chi connectivity index (χ3n) is 6.99. The van der Waals surface area contributed by atoms with Gasteiger partial charge in [-0.2, -0.15) is 15.0 Å². The van der Waals surface area contributed by atoms with E-state index >= 15 is 0 Å². The first-order chi connectivity index (χ1) is 16.6. The molecule has 186 valence electrons. The first kappa shape index (κ1) is 24.4. The Balaban J connectivity index is 1.55. The maximum absolute atomic E-state index is 14.2. The molecule has 0 bridgehead atoms. The largest absolute Gasteiger partial charge is 0.494 e. The average Bonchev–Trinajstić information content (AvgIpc) is 3.16. The smallest absolute Gasteiger partial charge is 0.233 e. The van der Waals surface area contributed by atoms with Crippen molar-refractivity contribution in [1.82, 2.24) is 19.9 Å². The minimum atomic E-state index is -0.439. The first-order valence-corrected chi connectivity index (χ1v) is 12.7. The van der Waals surface area contributed by atoms with Crippen LogP contribution in [-0.4, -0.2) is 58.2 Å². The molecular formula is C25H38FN7O. The fraction of sp³-hybridized carbons (Fsp3) is 0.640. The Morgan fingerprint density at radius 3 is 2.47 bits per heavy atom. The van der Waals surface area contributed by atoms with Crippen molar-refractivity contribution < 1.29 is 9.13 Å². The van der Waals surface area contributed by atoms with E-state index in [1.807, 2.05) is 0 Å². The Morgan fingerprint density at radius 2 is 1.76 bits per heavy atom. The zero-order chi connectivity index (χ0) is 23.9. The number of likely N-dealkylation sites (tertiary alicyclic amines) is 1. The molecule has 2 aromatic rings. The molecule has 1 aliphatic carbocycles. The van der Waals surface area contributed by atoms with Gasteiger partial charge in [0, 0.05) is 29.9 Å². The molecule has 9 heteroatoms. The third kappa shape index (κ3) is 6.25. The topological polar surface area (TPSA) is 87.2 Å². The number of hydrogen-bond acceptors (Lipinski definition) is 8. The number of halogens is 1. The van der Waals surface area contributed by atoms with Gasteiger partial charge in [0.1, 0.15) is 0 Å². The number of rotatable bonds is 9. The SMILES string of the molecule is CCN1CCCC1C(C)Nc1nc(Nc2ccc(OC)c(F)c2)nc(NC2CCCCCC2)n1. The van der Waals surface area contributed by atoms with E-state index in [0.29, 0.717) is 35.6 Å². The molecule has 1 saturated carbocycles. The molecule has 1 saturated heterocycles. The summed E-state index contributed by atoms with van der Waals surface area (Å²) in [6, 6.07) is 5.72. The Hall–Kier alpha value is -2.68. The van der Waals surface area contributed by atoms with Gasteiger partial charge in [0.25, 0.3) is 0 Å². The van der Waals surface area contributed by atoms with Crippen LogP contribution in [0.5, 0.6) is 5.75 Å². The molecule has 1 aromatic carbocycles. The monoisotopic (exact) mass is 471 g/mol. The minimum Gasteiger partial charge on any atom is -0.494 e. The summed E-state index contributed by atoms with van der Waals surface area (Å²) in [5, 5.41) is 10.2. The molecule has 4 rings (SSSR count). The molecular weight excluding hydrogens is 433 g/mol. The molecule has 2 heterocycles. The summed E-state index contributed by atoms with van der Waals surface area (Å²) in [6.45, 7) is 6.57. The lowest BCUT2D eigenvalue weighted by atomic mass is 10.1. The molecule has 0 spiro atoms. The van der Waals surface area contributed by atoms with Gasteiger partial charge in [0.2, 0.25) is 17.8 Å². The average molecular weight is 472 g/mol. The number of ether oxygens (including phenoxy) is 1. The van der Waals surface area contributed by atoms with Gasteiger partial charge in [-0.05, 0) is 57.8 Å². The lowest BCUT2D eigenvalue weighted by Gasteiger charge is -2.29. The first-order valence-electron chi connectivity index (χ1n) is 12.7. The molecule has 2 atom stereocenters. The quantitative estimate of drug-likeness (QED) is 0.431. The van der Waals surface area contributed by atoms with Gasteiger partial charge in [-0.25, -0.2) is 4.39 Å². The summed E-state index contributed by atoms with van der Waals surface area (Å²) in [7, 11) is 1.45. The van der Waals surface area contributed by atoms with Crippen molar-refractivity contribution in [3.63, 3.8) is 0 Å². The number of methoxy groups -OCH3 is 1. The number of aromatic nitrogens is 3. The molecule has 2 fully saturated rings. The third-order valence-corrected chi connectivity index (χ3v) is 6.99. The van der Waals surface area contributed by atoms with Gasteiger partial charge < -0.3 is 20.7 Å². The second kappa shape index (κ2) is 11.6. The van der Waals surface area contributed by atoms with E-state index in [0.717, 1.165) is 32.4 Å². The van der Waals surface area contributed by atoms with Crippen molar-refractivity contribution in [1.29, 1.82) is 0 Å². The molecule has 0 radical (unpaired) electrons. The lowest BCUT2D eigenvalue weighted by molar-refractivity contribution is 0.249. The Kier molecular flexibility index (Phi) is 8.37. The van der Waals surface area contributed by atoms with Gasteiger partial charge in [0.05, 0.1) is 7.11 Å². The highest BCUT2D eigenvalue weighted by Crippen LogP contribution is 2.26. The van der Waals surface area contributed by atoms with E-state index in [-0.39, 0.29) is 11.8 Å². The van der Waals surface area contributed by atoms with Gasteiger partial charge >= 0.3 is 0 Å². The molecule has 1 aromatic heterocycles. The van der Waals surface area contributed by atoms with Crippen LogP contribution in [0.4, 0.5) is 27.9 Å². The summed E-state index contributed by atoms with van der Waals surface area (Å²) in [5.41, 5.74) is 0.553. The van der Waals surface area contributed by atoms with Gasteiger partial charge in [-0.1, -0.05) is 32.6 Å². The van der Waals surface area contributed by atoms with Gasteiger partial charge in [0.15, 0.2) is 11.6 Å². The lowest BCUT2D eigenvalue weighted by Crippen LogP contribution is -2.41. The summed E-state index contributed by atoms with van der Waals surface area (Å²) in [4.78, 5) is 16.4. The van der Waals surface area contributed by atoms with Gasteiger partial charge in [-0.15, -0.1) is 0 Å². The van der Waals surface area contributed by atoms with Crippen LogP contribution in [0.1, 0.15) is 65.2 Å². The maximum atomic E-state index is 14.2. The van der Waals surface area contributed by atoms with Crippen LogP contribution >= 0.6 is 0 Å². The molecule has 1 aliphatic heterocycles. The van der Waals surface area contributed by atoms with Crippen molar-refractivity contribution in [2.24, 2.45) is 0 Å². The Labute approximate surface area is 202 Å². The number of nitrogens with one attached hydrogen (secondary N) is 3. The van der Waals surface area contributed by atoms with Crippen LogP contribution in [-0.2, 0) is 0 Å². The van der Waals surface area contributed by atoms with E-state index in [9.17, 15) is 4.39 Å². The van der Waals surface area contributed by atoms with Crippen LogP contribution in [0.25, 0.3) is 0 Å². The van der Waals surface area contributed by atoms with E-state index in [1.54, 1.807) is 12.1 Å². The highest BCUT2D eigenvalue weighted by molar-refractivity contribution is 5.57. The standard InChI is InChI=1S/C25H38FN7O/c1-4-33-15-9-12-21(33)17(2)27-23-30-24(28-18-10-7-5-6-8-11-18)32-25(31-23)29-19-13-14-22(34-3)20(26)16-19/h13-14,16-18,21H,4-12,15H2,1-3H3,(H3,27,28,29,30,31,32). The summed E-state index contributed by atoms with van der Waals surface area (Å²) < 4.78 is 19.3. The highest BCUT2D eigenvalue weighted by atomic mass is 19.1. The minimum absolute atomic E-state index is 0.196. The highest BCUT2D eigenvalue weighted by Gasteiger charge is 2.28. The Morgan fingerprint density at radius 1 is 1.03 bits per heavy atom. The van der Waals surface area contributed by atoms with Crippen molar-refractivity contribution in [2.75, 3.05) is 36.1 Å². The van der Waals surface area contributed by atoms with E-state index in [4.69, 9.17) is 9.72 Å². The van der Waals surface area contributed by atoms with Crippen LogP contribution in [0.3, 0.4) is 0 Å².